The maximum absolute atomic E-state index is 12.7. The molecule has 9 heteroatoms. The van der Waals surface area contributed by atoms with Crippen LogP contribution in [0.15, 0.2) is 15.4 Å². The van der Waals surface area contributed by atoms with Gasteiger partial charge in [0, 0.05) is 24.0 Å². The molecule has 4 rings (SSSR count). The molecule has 4 unspecified atom stereocenters. The zero-order valence-electron chi connectivity index (χ0n) is 17.0. The van der Waals surface area contributed by atoms with Gasteiger partial charge in [-0.25, -0.2) is 9.78 Å². The zero-order valence-corrected chi connectivity index (χ0v) is 17.8. The first-order chi connectivity index (χ1) is 13.8. The summed E-state index contributed by atoms with van der Waals surface area (Å²) >= 11 is 6.35. The molecule has 2 aromatic rings. The van der Waals surface area contributed by atoms with Crippen molar-refractivity contribution in [3.8, 4) is 0 Å². The molecule has 0 spiro atoms. The number of rotatable bonds is 5. The van der Waals surface area contributed by atoms with Crippen molar-refractivity contribution in [2.45, 2.75) is 70.5 Å². The van der Waals surface area contributed by atoms with Gasteiger partial charge in [-0.05, 0) is 44.4 Å². The van der Waals surface area contributed by atoms with Crippen LogP contribution in [0.2, 0.25) is 0 Å². The lowest BCUT2D eigenvalue weighted by atomic mass is 9.74. The summed E-state index contributed by atoms with van der Waals surface area (Å²) in [5, 5.41) is 6.63. The molecule has 1 aliphatic carbocycles. The van der Waals surface area contributed by atoms with Crippen molar-refractivity contribution >= 4 is 34.7 Å². The summed E-state index contributed by atoms with van der Waals surface area (Å²) in [4.78, 5) is 33.5. The third kappa shape index (κ3) is 4.13. The van der Waals surface area contributed by atoms with Gasteiger partial charge in [-0.2, -0.15) is 4.98 Å². The Morgan fingerprint density at radius 3 is 2.86 bits per heavy atom. The number of aromatic nitrogens is 3. The minimum absolute atomic E-state index is 0.0698. The highest BCUT2D eigenvalue weighted by Crippen LogP contribution is 2.36. The average Bonchev–Trinajstić information content (AvgIpc) is 2.96. The predicted octanol–water partition coefficient (Wildman–Crippen LogP) is 2.75. The second-order valence-electron chi connectivity index (χ2n) is 8.81. The molecule has 0 bridgehead atoms. The molecule has 29 heavy (non-hydrogen) atoms. The van der Waals surface area contributed by atoms with Gasteiger partial charge in [-0.1, -0.05) is 13.8 Å². The van der Waals surface area contributed by atoms with Gasteiger partial charge < -0.3 is 15.1 Å². The number of alkyl halides is 1. The fourth-order valence-corrected chi connectivity index (χ4v) is 4.93. The number of halogens is 1. The van der Waals surface area contributed by atoms with Gasteiger partial charge >= 0.3 is 5.76 Å². The quantitative estimate of drug-likeness (QED) is 0.719. The number of fused-ring (bicyclic) bond motifs is 2. The lowest BCUT2D eigenvalue weighted by molar-refractivity contribution is -0.130. The molecular formula is C20H28ClN5O3. The number of hydrogen-bond donors (Lipinski definition) is 2. The van der Waals surface area contributed by atoms with E-state index in [1.54, 1.807) is 0 Å². The molecule has 2 fully saturated rings. The topological polar surface area (TPSA) is 102 Å². The number of hydrogen-bond acceptors (Lipinski definition) is 6. The highest BCUT2D eigenvalue weighted by atomic mass is 35.5. The van der Waals surface area contributed by atoms with E-state index in [0.717, 1.165) is 25.7 Å². The Bertz CT molecular complexity index is 955. The molecule has 8 nitrogen and oxygen atoms in total. The van der Waals surface area contributed by atoms with Crippen LogP contribution < -0.4 is 16.4 Å². The van der Waals surface area contributed by atoms with Crippen molar-refractivity contribution in [2.24, 2.45) is 17.8 Å². The highest BCUT2D eigenvalue weighted by molar-refractivity contribution is 6.20. The summed E-state index contributed by atoms with van der Waals surface area (Å²) in [6.07, 6.45) is 5.16. The average molecular weight is 422 g/mol. The summed E-state index contributed by atoms with van der Waals surface area (Å²) in [6.45, 7) is 6.54. The van der Waals surface area contributed by atoms with E-state index in [9.17, 15) is 9.59 Å². The summed E-state index contributed by atoms with van der Waals surface area (Å²) in [5.41, 5.74) is 0.835. The van der Waals surface area contributed by atoms with Crippen LogP contribution in [0, 0.1) is 17.8 Å². The van der Waals surface area contributed by atoms with Crippen molar-refractivity contribution < 1.29 is 9.21 Å². The van der Waals surface area contributed by atoms with E-state index < -0.39 is 5.76 Å². The standard InChI is InChI=1S/C20H28ClN5O3/c1-10(2)9-26-17-16(29-20(26)28)8-22-19(25-17)23-11(3)14-7-12-6-13(21)4-5-15(12)24-18(14)27/h8,10-15H,4-7,9H2,1-3H3,(H,24,27)(H,22,23,25)/t11-,12?,13?,14?,15?/m0/s1. The number of anilines is 1. The van der Waals surface area contributed by atoms with Crippen molar-refractivity contribution in [3.05, 3.63) is 16.7 Å². The van der Waals surface area contributed by atoms with Crippen molar-refractivity contribution in [1.29, 1.82) is 0 Å². The fraction of sp³-hybridized carbons (Fsp3) is 0.700. The summed E-state index contributed by atoms with van der Waals surface area (Å²) in [6, 6.07) is 0.0891. The largest absolute Gasteiger partial charge is 0.421 e. The number of amides is 1. The van der Waals surface area contributed by atoms with Gasteiger partial charge in [-0.15, -0.1) is 11.6 Å². The van der Waals surface area contributed by atoms with Crippen LogP contribution in [0.5, 0.6) is 0 Å². The van der Waals surface area contributed by atoms with Crippen LogP contribution in [0.1, 0.15) is 46.5 Å². The SMILES string of the molecule is CC(C)Cn1c(=O)oc2cnc(N[C@@H](C)C3CC4CC(Cl)CCC4NC3=O)nc21. The summed E-state index contributed by atoms with van der Waals surface area (Å²) < 4.78 is 6.77. The van der Waals surface area contributed by atoms with E-state index >= 15 is 0 Å². The van der Waals surface area contributed by atoms with Crippen LogP contribution >= 0.6 is 11.6 Å². The van der Waals surface area contributed by atoms with Gasteiger partial charge in [0.15, 0.2) is 11.2 Å². The summed E-state index contributed by atoms with van der Waals surface area (Å²) in [7, 11) is 0. The van der Waals surface area contributed by atoms with Crippen molar-refractivity contribution in [1.82, 2.24) is 19.9 Å². The molecule has 1 saturated carbocycles. The molecule has 5 atom stereocenters. The molecular weight excluding hydrogens is 394 g/mol. The Morgan fingerprint density at radius 2 is 2.10 bits per heavy atom. The fourth-order valence-electron chi connectivity index (χ4n) is 4.57. The van der Waals surface area contributed by atoms with E-state index in [4.69, 9.17) is 16.0 Å². The predicted molar refractivity (Wildman–Crippen MR) is 111 cm³/mol. The smallest absolute Gasteiger partial charge is 0.404 e. The van der Waals surface area contributed by atoms with Gasteiger partial charge in [0.05, 0.1) is 12.1 Å². The van der Waals surface area contributed by atoms with Gasteiger partial charge in [-0.3, -0.25) is 9.36 Å². The Hall–Kier alpha value is -2.09. The molecule has 0 radical (unpaired) electrons. The van der Waals surface area contributed by atoms with Crippen molar-refractivity contribution in [3.63, 3.8) is 0 Å². The molecule has 0 aromatic carbocycles. The van der Waals surface area contributed by atoms with Crippen LogP contribution in [0.4, 0.5) is 5.95 Å². The molecule has 3 heterocycles. The third-order valence-corrected chi connectivity index (χ3v) is 6.45. The number of piperidine rings is 1. The van der Waals surface area contributed by atoms with Crippen LogP contribution in [-0.4, -0.2) is 37.9 Å². The maximum Gasteiger partial charge on any atom is 0.421 e. The van der Waals surface area contributed by atoms with E-state index in [-0.39, 0.29) is 35.2 Å². The number of carbonyl (C=O) groups is 1. The molecule has 2 aromatic heterocycles. The molecule has 2 aliphatic rings. The normalized spacial score (nSPS) is 28.2. The first-order valence-corrected chi connectivity index (χ1v) is 10.8. The minimum atomic E-state index is -0.432. The van der Waals surface area contributed by atoms with Crippen LogP contribution in [0.25, 0.3) is 11.2 Å². The van der Waals surface area contributed by atoms with E-state index in [2.05, 4.69) is 20.6 Å². The second-order valence-corrected chi connectivity index (χ2v) is 9.43. The molecule has 1 aliphatic heterocycles. The Kier molecular flexibility index (Phi) is 5.55. The first-order valence-electron chi connectivity index (χ1n) is 10.4. The lowest BCUT2D eigenvalue weighted by Gasteiger charge is -2.42. The number of oxazole rings is 1. The van der Waals surface area contributed by atoms with E-state index in [0.29, 0.717) is 29.6 Å². The van der Waals surface area contributed by atoms with Gasteiger partial charge in [0.2, 0.25) is 11.9 Å². The maximum atomic E-state index is 12.7. The highest BCUT2D eigenvalue weighted by Gasteiger charge is 2.41. The number of carbonyl (C=O) groups excluding carboxylic acids is 1. The van der Waals surface area contributed by atoms with Gasteiger partial charge in [0.1, 0.15) is 0 Å². The minimum Gasteiger partial charge on any atom is -0.404 e. The van der Waals surface area contributed by atoms with E-state index in [1.165, 1.54) is 10.8 Å². The number of nitrogens with one attached hydrogen (secondary N) is 2. The molecule has 158 valence electrons. The monoisotopic (exact) mass is 421 g/mol. The molecule has 2 N–H and O–H groups in total. The first kappa shape index (κ1) is 20.2. The Balaban J connectivity index is 1.51. The Morgan fingerprint density at radius 1 is 1.31 bits per heavy atom. The number of nitrogens with zero attached hydrogens (tertiary/aromatic N) is 3. The molecule has 1 saturated heterocycles. The van der Waals surface area contributed by atoms with Crippen LogP contribution in [-0.2, 0) is 11.3 Å². The van der Waals surface area contributed by atoms with E-state index in [1.807, 2.05) is 20.8 Å². The molecule has 1 amide bonds. The summed E-state index contributed by atoms with van der Waals surface area (Å²) in [5.74, 6) is 0.529. The zero-order chi connectivity index (χ0) is 20.7. The third-order valence-electron chi connectivity index (χ3n) is 6.06. The lowest BCUT2D eigenvalue weighted by Crippen LogP contribution is -2.55. The van der Waals surface area contributed by atoms with Crippen molar-refractivity contribution in [2.75, 3.05) is 5.32 Å². The second kappa shape index (κ2) is 7.97. The Labute approximate surface area is 174 Å². The van der Waals surface area contributed by atoms with Crippen LogP contribution in [0.3, 0.4) is 0 Å². The van der Waals surface area contributed by atoms with Gasteiger partial charge in [0.25, 0.3) is 0 Å².